The number of amides is 1. The van der Waals surface area contributed by atoms with Crippen molar-refractivity contribution in [2.45, 2.75) is 33.4 Å². The molecular weight excluding hydrogens is 433 g/mol. The lowest BCUT2D eigenvalue weighted by molar-refractivity contribution is -0.153. The van der Waals surface area contributed by atoms with Crippen molar-refractivity contribution in [2.24, 2.45) is 5.73 Å². The normalized spacial score (nSPS) is 12.2. The van der Waals surface area contributed by atoms with Crippen LogP contribution in [0.3, 0.4) is 0 Å². The first-order valence-corrected chi connectivity index (χ1v) is 9.46. The largest absolute Gasteiger partial charge is 0.483 e. The van der Waals surface area contributed by atoms with E-state index in [0.717, 1.165) is 18.2 Å². The number of nitrogens with one attached hydrogen (secondary N) is 1. The number of pyridine rings is 1. The first-order chi connectivity index (χ1) is 14.8. The molecule has 10 heteroatoms. The molecule has 172 valence electrons. The molecule has 1 aromatic carbocycles. The van der Waals surface area contributed by atoms with E-state index in [9.17, 15) is 26.7 Å². The Morgan fingerprint density at radius 2 is 1.84 bits per heavy atom. The van der Waals surface area contributed by atoms with Crippen LogP contribution >= 0.6 is 0 Å². The van der Waals surface area contributed by atoms with Crippen molar-refractivity contribution in [3.8, 4) is 17.0 Å². The van der Waals surface area contributed by atoms with Crippen LogP contribution in [-0.4, -0.2) is 23.7 Å². The Morgan fingerprint density at radius 3 is 2.38 bits per heavy atom. The minimum atomic E-state index is -4.71. The minimum absolute atomic E-state index is 0.0232. The summed E-state index contributed by atoms with van der Waals surface area (Å²) < 4.78 is 71.7. The Kier molecular flexibility index (Phi) is 7.60. The van der Waals surface area contributed by atoms with E-state index < -0.39 is 41.6 Å². The number of halogens is 5. The smallest absolute Gasteiger partial charge is 0.422 e. The average molecular weight is 455 g/mol. The highest BCUT2D eigenvalue weighted by atomic mass is 19.4. The summed E-state index contributed by atoms with van der Waals surface area (Å²) in [6, 6.07) is 3.91. The van der Waals surface area contributed by atoms with E-state index in [-0.39, 0.29) is 34.8 Å². The number of hydrogen-bond donors (Lipinski definition) is 2. The highest BCUT2D eigenvalue weighted by Gasteiger charge is 2.30. The van der Waals surface area contributed by atoms with Crippen molar-refractivity contribution in [1.29, 1.82) is 0 Å². The third-order valence-corrected chi connectivity index (χ3v) is 4.29. The van der Waals surface area contributed by atoms with Crippen molar-refractivity contribution in [2.75, 3.05) is 6.61 Å². The summed E-state index contributed by atoms with van der Waals surface area (Å²) >= 11 is 0. The number of carbonyl (C=O) groups is 1. The summed E-state index contributed by atoms with van der Waals surface area (Å²) in [6.07, 6.45) is -4.49. The van der Waals surface area contributed by atoms with E-state index in [0.29, 0.717) is 5.57 Å². The SMILES string of the molecule is C=C(C)/C(NC(=O)c1cc(F)c(-c2ccc(F)c(CC)n2)cc1OCC(F)(F)F)=C(/C)N. The number of aryl methyl sites for hydroxylation is 1. The molecular formula is C22H22F5N3O2. The molecule has 0 radical (unpaired) electrons. The summed E-state index contributed by atoms with van der Waals surface area (Å²) in [4.78, 5) is 16.7. The van der Waals surface area contributed by atoms with Crippen molar-refractivity contribution >= 4 is 5.91 Å². The van der Waals surface area contributed by atoms with Crippen LogP contribution in [0.15, 0.2) is 47.8 Å². The number of rotatable bonds is 7. The first kappa shape index (κ1) is 24.8. The molecule has 0 unspecified atom stereocenters. The van der Waals surface area contributed by atoms with Gasteiger partial charge in [0.05, 0.1) is 22.6 Å². The van der Waals surface area contributed by atoms with Crippen LogP contribution in [0.4, 0.5) is 22.0 Å². The fourth-order valence-corrected chi connectivity index (χ4v) is 2.81. The molecule has 0 fully saturated rings. The predicted molar refractivity (Wildman–Crippen MR) is 110 cm³/mol. The molecule has 1 amide bonds. The molecule has 2 aromatic rings. The number of hydrogen-bond acceptors (Lipinski definition) is 4. The zero-order valence-electron chi connectivity index (χ0n) is 17.7. The molecule has 0 bridgehead atoms. The van der Waals surface area contributed by atoms with E-state index in [1.807, 2.05) is 0 Å². The number of nitrogens with two attached hydrogens (primary N) is 1. The number of ether oxygens (including phenoxy) is 1. The molecule has 0 aliphatic rings. The van der Waals surface area contributed by atoms with Gasteiger partial charge in [-0.05, 0) is 50.1 Å². The van der Waals surface area contributed by atoms with Gasteiger partial charge in [-0.3, -0.25) is 4.79 Å². The van der Waals surface area contributed by atoms with Gasteiger partial charge in [-0.25, -0.2) is 13.8 Å². The van der Waals surface area contributed by atoms with Gasteiger partial charge in [-0.2, -0.15) is 13.2 Å². The topological polar surface area (TPSA) is 77.2 Å². The fraction of sp³-hybridized carbons (Fsp3) is 0.273. The van der Waals surface area contributed by atoms with Crippen LogP contribution < -0.4 is 15.8 Å². The van der Waals surface area contributed by atoms with Gasteiger partial charge in [0.1, 0.15) is 17.4 Å². The summed E-state index contributed by atoms with van der Waals surface area (Å²) in [5.74, 6) is -3.04. The highest BCUT2D eigenvalue weighted by molar-refractivity contribution is 5.99. The Bertz CT molecular complexity index is 1070. The van der Waals surface area contributed by atoms with Crippen molar-refractivity contribution in [3.05, 3.63) is 70.7 Å². The molecule has 2 rings (SSSR count). The Balaban J connectivity index is 2.59. The van der Waals surface area contributed by atoms with Gasteiger partial charge in [-0.15, -0.1) is 0 Å². The van der Waals surface area contributed by atoms with Gasteiger partial charge >= 0.3 is 6.18 Å². The Labute approximate surface area is 181 Å². The van der Waals surface area contributed by atoms with Crippen molar-refractivity contribution < 1.29 is 31.5 Å². The van der Waals surface area contributed by atoms with Gasteiger partial charge in [-0.1, -0.05) is 13.5 Å². The molecule has 0 aliphatic carbocycles. The van der Waals surface area contributed by atoms with Gasteiger partial charge in [0.25, 0.3) is 5.91 Å². The molecule has 1 aromatic heterocycles. The average Bonchev–Trinajstić information content (AvgIpc) is 2.70. The second-order valence-electron chi connectivity index (χ2n) is 7.00. The van der Waals surface area contributed by atoms with Gasteiger partial charge in [0.2, 0.25) is 0 Å². The lowest BCUT2D eigenvalue weighted by Gasteiger charge is -2.17. The number of alkyl halides is 3. The Hall–Kier alpha value is -3.43. The number of benzene rings is 1. The molecule has 32 heavy (non-hydrogen) atoms. The molecule has 3 N–H and O–H groups in total. The first-order valence-electron chi connectivity index (χ1n) is 9.46. The van der Waals surface area contributed by atoms with E-state index in [2.05, 4.69) is 16.9 Å². The maximum Gasteiger partial charge on any atom is 0.422 e. The zero-order chi connectivity index (χ0) is 24.2. The zero-order valence-corrected chi connectivity index (χ0v) is 17.7. The van der Waals surface area contributed by atoms with Crippen LogP contribution in [0.1, 0.15) is 36.8 Å². The molecule has 0 aliphatic heterocycles. The third kappa shape index (κ3) is 6.05. The molecule has 0 saturated heterocycles. The van der Waals surface area contributed by atoms with Gasteiger partial charge < -0.3 is 15.8 Å². The van der Waals surface area contributed by atoms with Crippen LogP contribution in [0.25, 0.3) is 11.3 Å². The summed E-state index contributed by atoms with van der Waals surface area (Å²) in [5, 5.41) is 2.40. The maximum absolute atomic E-state index is 14.9. The lowest BCUT2D eigenvalue weighted by Crippen LogP contribution is -2.27. The quantitative estimate of drug-likeness (QED) is 0.454. The molecule has 0 spiro atoms. The fourth-order valence-electron chi connectivity index (χ4n) is 2.81. The summed E-state index contributed by atoms with van der Waals surface area (Å²) in [5.41, 5.74) is 5.71. The van der Waals surface area contributed by atoms with Crippen LogP contribution in [0.2, 0.25) is 0 Å². The van der Waals surface area contributed by atoms with E-state index in [4.69, 9.17) is 10.5 Å². The second-order valence-corrected chi connectivity index (χ2v) is 7.00. The van der Waals surface area contributed by atoms with Crippen molar-refractivity contribution in [1.82, 2.24) is 10.3 Å². The molecule has 1 heterocycles. The number of aromatic nitrogens is 1. The van der Waals surface area contributed by atoms with E-state index in [1.54, 1.807) is 13.8 Å². The Morgan fingerprint density at radius 1 is 1.19 bits per heavy atom. The standard InChI is InChI=1S/C22H22F5N3O2/c1-5-17-15(23)6-7-18(29-17)13-9-19(32-10-22(25,26)27)14(8-16(13)24)21(31)30-20(11(2)3)12(4)28/h6-9H,2,5,10,28H2,1,3-4H3,(H,30,31)/b20-12+. The van der Waals surface area contributed by atoms with E-state index in [1.165, 1.54) is 13.0 Å². The predicted octanol–water partition coefficient (Wildman–Crippen LogP) is 5.03. The van der Waals surface area contributed by atoms with Crippen molar-refractivity contribution in [3.63, 3.8) is 0 Å². The molecule has 0 atom stereocenters. The number of carbonyl (C=O) groups excluding carboxylic acids is 1. The number of nitrogens with zero attached hydrogens (tertiary/aromatic N) is 1. The maximum atomic E-state index is 14.9. The number of allylic oxidation sites excluding steroid dienone is 2. The van der Waals surface area contributed by atoms with E-state index >= 15 is 0 Å². The lowest BCUT2D eigenvalue weighted by atomic mass is 10.0. The summed E-state index contributed by atoms with van der Waals surface area (Å²) in [6.45, 7) is 6.64. The second kappa shape index (κ2) is 9.80. The minimum Gasteiger partial charge on any atom is -0.483 e. The van der Waals surface area contributed by atoms with Gasteiger partial charge in [0.15, 0.2) is 6.61 Å². The highest BCUT2D eigenvalue weighted by Crippen LogP contribution is 2.31. The molecule has 0 saturated carbocycles. The van der Waals surface area contributed by atoms with Crippen LogP contribution in [0, 0.1) is 11.6 Å². The van der Waals surface area contributed by atoms with Gasteiger partial charge in [0, 0.05) is 11.3 Å². The monoisotopic (exact) mass is 455 g/mol. The molecule has 5 nitrogen and oxygen atoms in total. The van der Waals surface area contributed by atoms with Crippen LogP contribution in [0.5, 0.6) is 5.75 Å². The third-order valence-electron chi connectivity index (χ3n) is 4.29. The van der Waals surface area contributed by atoms with Crippen LogP contribution in [-0.2, 0) is 6.42 Å². The summed E-state index contributed by atoms with van der Waals surface area (Å²) in [7, 11) is 0.